The fraction of sp³-hybridized carbons (Fsp3) is 0.643. The van der Waals surface area contributed by atoms with Crippen LogP contribution >= 0.6 is 0 Å². The Morgan fingerprint density at radius 3 is 2.78 bits per heavy atom. The van der Waals surface area contributed by atoms with E-state index < -0.39 is 5.97 Å². The second-order valence-corrected chi connectivity index (χ2v) is 5.05. The van der Waals surface area contributed by atoms with Crippen molar-refractivity contribution in [2.24, 2.45) is 0 Å². The maximum absolute atomic E-state index is 10.9. The molecule has 0 aliphatic heterocycles. The Morgan fingerprint density at radius 2 is 2.28 bits per heavy atom. The third-order valence-electron chi connectivity index (χ3n) is 3.47. The van der Waals surface area contributed by atoms with Crippen LogP contribution in [0.15, 0.2) is 10.5 Å². The van der Waals surface area contributed by atoms with Gasteiger partial charge in [-0.25, -0.2) is 4.79 Å². The highest BCUT2D eigenvalue weighted by molar-refractivity contribution is 5.84. The molecule has 0 aromatic carbocycles. The largest absolute Gasteiger partial charge is 0.475 e. The predicted octanol–water partition coefficient (Wildman–Crippen LogP) is 3.05. The lowest BCUT2D eigenvalue weighted by Crippen LogP contribution is -2.26. The third-order valence-corrected chi connectivity index (χ3v) is 3.47. The van der Waals surface area contributed by atoms with Crippen LogP contribution in [0.25, 0.3) is 0 Å². The van der Waals surface area contributed by atoms with Gasteiger partial charge >= 0.3 is 5.97 Å². The molecular formula is C14H21NO3. The van der Waals surface area contributed by atoms with Crippen LogP contribution in [0.5, 0.6) is 0 Å². The number of aryl methyl sites for hydroxylation is 1. The van der Waals surface area contributed by atoms with E-state index >= 15 is 0 Å². The van der Waals surface area contributed by atoms with Crippen LogP contribution in [-0.2, 0) is 6.54 Å². The van der Waals surface area contributed by atoms with Gasteiger partial charge in [-0.05, 0) is 38.8 Å². The molecule has 4 heteroatoms. The summed E-state index contributed by atoms with van der Waals surface area (Å²) in [5.74, 6) is -0.209. The Morgan fingerprint density at radius 1 is 1.56 bits per heavy atom. The highest BCUT2D eigenvalue weighted by atomic mass is 16.4. The van der Waals surface area contributed by atoms with E-state index in [9.17, 15) is 4.79 Å². The number of hydrogen-bond acceptors (Lipinski definition) is 3. The van der Waals surface area contributed by atoms with Crippen molar-refractivity contribution in [3.05, 3.63) is 23.2 Å². The highest BCUT2D eigenvalue weighted by Crippen LogP contribution is 2.29. The van der Waals surface area contributed by atoms with Crippen LogP contribution in [0.2, 0.25) is 0 Å². The van der Waals surface area contributed by atoms with Gasteiger partial charge in [0.05, 0.1) is 0 Å². The fourth-order valence-electron chi connectivity index (χ4n) is 2.19. The summed E-state index contributed by atoms with van der Waals surface area (Å²) in [6, 6.07) is 2.36. The van der Waals surface area contributed by atoms with Crippen LogP contribution in [0.3, 0.4) is 0 Å². The van der Waals surface area contributed by atoms with Crippen LogP contribution in [0.1, 0.15) is 54.5 Å². The van der Waals surface area contributed by atoms with E-state index in [0.29, 0.717) is 6.04 Å². The average molecular weight is 251 g/mol. The molecule has 0 radical (unpaired) electrons. The summed E-state index contributed by atoms with van der Waals surface area (Å²) in [5, 5.41) is 8.91. The number of carbonyl (C=O) groups is 1. The lowest BCUT2D eigenvalue weighted by atomic mass is 10.2. The molecule has 1 aliphatic rings. The number of nitrogens with zero attached hydrogens (tertiary/aromatic N) is 1. The van der Waals surface area contributed by atoms with Gasteiger partial charge in [-0.3, -0.25) is 4.90 Å². The van der Waals surface area contributed by atoms with Gasteiger partial charge in [0, 0.05) is 18.2 Å². The van der Waals surface area contributed by atoms with Crippen LogP contribution in [0, 0.1) is 6.92 Å². The SMILES string of the molecule is CCCCN(Cc1cc(C(=O)O)oc1C)C1CC1. The monoisotopic (exact) mass is 251 g/mol. The first-order valence-electron chi connectivity index (χ1n) is 6.68. The smallest absolute Gasteiger partial charge is 0.371 e. The zero-order valence-corrected chi connectivity index (χ0v) is 11.1. The lowest BCUT2D eigenvalue weighted by Gasteiger charge is -2.21. The molecule has 1 N–H and O–H groups in total. The minimum absolute atomic E-state index is 0.0498. The number of hydrogen-bond donors (Lipinski definition) is 1. The van der Waals surface area contributed by atoms with Gasteiger partial charge in [0.25, 0.3) is 0 Å². The molecule has 1 fully saturated rings. The van der Waals surface area contributed by atoms with Crippen molar-refractivity contribution in [2.75, 3.05) is 6.54 Å². The summed E-state index contributed by atoms with van der Waals surface area (Å²) < 4.78 is 5.26. The van der Waals surface area contributed by atoms with Gasteiger partial charge in [-0.15, -0.1) is 0 Å². The molecule has 2 rings (SSSR count). The molecule has 100 valence electrons. The number of carboxylic acid groups (broad SMARTS) is 1. The summed E-state index contributed by atoms with van der Waals surface area (Å²) in [5.41, 5.74) is 1.01. The van der Waals surface area contributed by atoms with E-state index in [1.165, 1.54) is 25.7 Å². The second kappa shape index (κ2) is 5.57. The van der Waals surface area contributed by atoms with Gasteiger partial charge in [0.15, 0.2) is 0 Å². The van der Waals surface area contributed by atoms with Crippen LogP contribution in [0.4, 0.5) is 0 Å². The molecule has 0 bridgehead atoms. The predicted molar refractivity (Wildman–Crippen MR) is 68.7 cm³/mol. The third kappa shape index (κ3) is 3.13. The summed E-state index contributed by atoms with van der Waals surface area (Å²) in [6.45, 7) is 5.94. The summed E-state index contributed by atoms with van der Waals surface area (Å²) in [4.78, 5) is 13.3. The normalized spacial score (nSPS) is 15.3. The van der Waals surface area contributed by atoms with E-state index in [-0.39, 0.29) is 5.76 Å². The van der Waals surface area contributed by atoms with Gasteiger partial charge in [-0.1, -0.05) is 13.3 Å². The molecule has 0 unspecified atom stereocenters. The summed E-state index contributed by atoms with van der Waals surface area (Å²) >= 11 is 0. The first-order chi connectivity index (χ1) is 8.61. The Kier molecular flexibility index (Phi) is 4.07. The quantitative estimate of drug-likeness (QED) is 0.809. The molecule has 0 spiro atoms. The molecule has 1 aromatic heterocycles. The van der Waals surface area contributed by atoms with Gasteiger partial charge < -0.3 is 9.52 Å². The van der Waals surface area contributed by atoms with E-state index in [1.807, 2.05) is 6.92 Å². The maximum atomic E-state index is 10.9. The Hall–Kier alpha value is -1.29. The van der Waals surface area contributed by atoms with Crippen molar-refractivity contribution in [2.45, 2.75) is 52.1 Å². The van der Waals surface area contributed by atoms with Crippen molar-refractivity contribution in [3.8, 4) is 0 Å². The number of carboxylic acids is 1. The van der Waals surface area contributed by atoms with Crippen molar-refractivity contribution in [1.29, 1.82) is 0 Å². The van der Waals surface area contributed by atoms with Crippen molar-refractivity contribution < 1.29 is 14.3 Å². The number of furan rings is 1. The minimum atomic E-state index is -0.990. The van der Waals surface area contributed by atoms with Crippen molar-refractivity contribution in [3.63, 3.8) is 0 Å². The average Bonchev–Trinajstić information content (AvgIpc) is 3.10. The lowest BCUT2D eigenvalue weighted by molar-refractivity contribution is 0.0661. The maximum Gasteiger partial charge on any atom is 0.371 e. The summed E-state index contributed by atoms with van der Waals surface area (Å²) in [7, 11) is 0. The Balaban J connectivity index is 2.03. The molecule has 1 aromatic rings. The molecule has 1 saturated carbocycles. The molecule has 0 amide bonds. The van der Waals surface area contributed by atoms with Crippen molar-refractivity contribution >= 4 is 5.97 Å². The number of aromatic carboxylic acids is 1. The van der Waals surface area contributed by atoms with E-state index in [2.05, 4.69) is 11.8 Å². The summed E-state index contributed by atoms with van der Waals surface area (Å²) in [6.07, 6.45) is 4.92. The standard InChI is InChI=1S/C14H21NO3/c1-3-4-7-15(12-5-6-12)9-11-8-13(14(16)17)18-10(11)2/h8,12H,3-7,9H2,1-2H3,(H,16,17). The van der Waals surface area contributed by atoms with Gasteiger partial charge in [0.1, 0.15) is 5.76 Å². The molecule has 0 atom stereocenters. The van der Waals surface area contributed by atoms with Crippen LogP contribution < -0.4 is 0 Å². The molecule has 4 nitrogen and oxygen atoms in total. The molecule has 1 aliphatic carbocycles. The molecule has 0 saturated heterocycles. The van der Waals surface area contributed by atoms with Crippen LogP contribution in [-0.4, -0.2) is 28.6 Å². The molecule has 1 heterocycles. The van der Waals surface area contributed by atoms with Gasteiger partial charge in [0.2, 0.25) is 5.76 Å². The minimum Gasteiger partial charge on any atom is -0.475 e. The zero-order valence-electron chi connectivity index (χ0n) is 11.1. The fourth-order valence-corrected chi connectivity index (χ4v) is 2.19. The Labute approximate surface area is 108 Å². The topological polar surface area (TPSA) is 53.7 Å². The number of unbranched alkanes of at least 4 members (excludes halogenated alkanes) is 1. The second-order valence-electron chi connectivity index (χ2n) is 5.05. The Bertz CT molecular complexity index is 421. The molecular weight excluding hydrogens is 230 g/mol. The van der Waals surface area contributed by atoms with E-state index in [1.54, 1.807) is 6.07 Å². The number of rotatable bonds is 7. The van der Waals surface area contributed by atoms with Gasteiger partial charge in [-0.2, -0.15) is 0 Å². The van der Waals surface area contributed by atoms with Crippen molar-refractivity contribution in [1.82, 2.24) is 4.90 Å². The first-order valence-corrected chi connectivity index (χ1v) is 6.68. The van der Waals surface area contributed by atoms with E-state index in [0.717, 1.165) is 24.4 Å². The van der Waals surface area contributed by atoms with E-state index in [4.69, 9.17) is 9.52 Å². The first kappa shape index (κ1) is 13.1. The molecule has 18 heavy (non-hydrogen) atoms. The highest BCUT2D eigenvalue weighted by Gasteiger charge is 2.29. The zero-order chi connectivity index (χ0) is 13.1.